The highest BCUT2D eigenvalue weighted by Crippen LogP contribution is 2.66. The summed E-state index contributed by atoms with van der Waals surface area (Å²) in [5.74, 6) is 0. The molecule has 0 amide bonds. The van der Waals surface area contributed by atoms with Crippen molar-refractivity contribution in [2.75, 3.05) is 0 Å². The maximum absolute atomic E-state index is 14.1. The van der Waals surface area contributed by atoms with E-state index in [9.17, 15) is 9.36 Å². The van der Waals surface area contributed by atoms with Crippen LogP contribution < -0.4 is 0 Å². The van der Waals surface area contributed by atoms with Gasteiger partial charge in [0, 0.05) is 16.4 Å². The summed E-state index contributed by atoms with van der Waals surface area (Å²) in [6, 6.07) is 4.07. The molecule has 1 atom stereocenters. The standard InChI is InChI=1S/C20H31O2P/c1-14-12-15(2)18(16(3)13-14)19(21)23(22,20(4,5)6)17-10-8-7-9-11-17/h12-13,17H,7-11H2,1-6H3. The predicted molar refractivity (Wildman–Crippen MR) is 99.2 cm³/mol. The highest BCUT2D eigenvalue weighted by atomic mass is 31.2. The van der Waals surface area contributed by atoms with E-state index < -0.39 is 12.3 Å². The lowest BCUT2D eigenvalue weighted by molar-refractivity contribution is 0.106. The Morgan fingerprint density at radius 2 is 1.48 bits per heavy atom. The Morgan fingerprint density at radius 1 is 1.00 bits per heavy atom. The van der Waals surface area contributed by atoms with E-state index in [4.69, 9.17) is 0 Å². The summed E-state index contributed by atoms with van der Waals surface area (Å²) in [5, 5.41) is -0.476. The second-order valence-electron chi connectivity index (χ2n) is 8.20. The number of benzene rings is 1. The van der Waals surface area contributed by atoms with E-state index >= 15 is 0 Å². The van der Waals surface area contributed by atoms with E-state index in [2.05, 4.69) is 0 Å². The molecule has 0 N–H and O–H groups in total. The fourth-order valence-electron chi connectivity index (χ4n) is 4.15. The summed E-state index contributed by atoms with van der Waals surface area (Å²) in [5.41, 5.74) is 3.77. The van der Waals surface area contributed by atoms with Gasteiger partial charge in [-0.05, 0) is 44.7 Å². The summed E-state index contributed by atoms with van der Waals surface area (Å²) in [6.45, 7) is 11.9. The minimum absolute atomic E-state index is 0.0591. The number of carbonyl (C=O) groups excluding carboxylic acids is 1. The van der Waals surface area contributed by atoms with Crippen LogP contribution in [0.25, 0.3) is 0 Å². The van der Waals surface area contributed by atoms with Crippen molar-refractivity contribution in [1.82, 2.24) is 0 Å². The Hall–Kier alpha value is -0.880. The maximum Gasteiger partial charge on any atom is 0.222 e. The first-order valence-electron chi connectivity index (χ1n) is 8.81. The minimum atomic E-state index is -3.00. The molecule has 0 bridgehead atoms. The zero-order valence-corrected chi connectivity index (χ0v) is 16.4. The third-order valence-corrected chi connectivity index (χ3v) is 9.64. The van der Waals surface area contributed by atoms with Crippen molar-refractivity contribution in [3.05, 3.63) is 34.4 Å². The smallest absolute Gasteiger partial charge is 0.222 e. The molecule has 1 aliphatic rings. The van der Waals surface area contributed by atoms with Crippen LogP contribution in [0.5, 0.6) is 0 Å². The van der Waals surface area contributed by atoms with Crippen molar-refractivity contribution in [3.8, 4) is 0 Å². The van der Waals surface area contributed by atoms with Gasteiger partial charge in [-0.25, -0.2) is 0 Å². The SMILES string of the molecule is Cc1cc(C)c(C(=O)P(=O)(C2CCCCC2)C(C)(C)C)c(C)c1. The molecular formula is C20H31O2P. The molecule has 1 fully saturated rings. The van der Waals surface area contributed by atoms with Gasteiger partial charge in [0.1, 0.15) is 0 Å². The first-order valence-corrected chi connectivity index (χ1v) is 10.6. The highest BCUT2D eigenvalue weighted by Gasteiger charge is 2.49. The topological polar surface area (TPSA) is 34.1 Å². The van der Waals surface area contributed by atoms with Crippen LogP contribution in [-0.4, -0.2) is 16.3 Å². The van der Waals surface area contributed by atoms with Crippen LogP contribution in [0.1, 0.15) is 79.9 Å². The molecule has 1 aromatic carbocycles. The normalized spacial score (nSPS) is 19.4. The van der Waals surface area contributed by atoms with Gasteiger partial charge in [0.2, 0.25) is 5.52 Å². The molecule has 23 heavy (non-hydrogen) atoms. The molecule has 2 rings (SSSR count). The Kier molecular flexibility index (Phi) is 5.26. The molecule has 1 unspecified atom stereocenters. The summed E-state index contributed by atoms with van der Waals surface area (Å²) < 4.78 is 14.1. The number of rotatable bonds is 3. The molecule has 0 aromatic heterocycles. The van der Waals surface area contributed by atoms with Crippen molar-refractivity contribution in [2.24, 2.45) is 0 Å². The minimum Gasteiger partial charge on any atom is -0.314 e. The van der Waals surface area contributed by atoms with E-state index in [-0.39, 0.29) is 11.2 Å². The molecule has 0 heterocycles. The zero-order chi connectivity index (χ0) is 17.4. The number of hydrogen-bond acceptors (Lipinski definition) is 2. The lowest BCUT2D eigenvalue weighted by Crippen LogP contribution is -2.31. The second kappa shape index (κ2) is 6.55. The Labute approximate surface area is 141 Å². The highest BCUT2D eigenvalue weighted by molar-refractivity contribution is 7.83. The summed E-state index contributed by atoms with van der Waals surface area (Å²) in [4.78, 5) is 13.5. The van der Waals surface area contributed by atoms with Crippen molar-refractivity contribution in [2.45, 2.75) is 84.5 Å². The fourth-order valence-corrected chi connectivity index (χ4v) is 7.96. The predicted octanol–water partition coefficient (Wildman–Crippen LogP) is 6.25. The molecule has 0 aliphatic heterocycles. The van der Waals surface area contributed by atoms with Gasteiger partial charge in [-0.15, -0.1) is 0 Å². The Bertz CT molecular complexity index is 623. The first-order chi connectivity index (χ1) is 10.6. The third-order valence-electron chi connectivity index (χ3n) is 5.28. The van der Waals surface area contributed by atoms with Crippen LogP contribution in [0.2, 0.25) is 0 Å². The summed E-state index contributed by atoms with van der Waals surface area (Å²) in [7, 11) is -3.00. The molecule has 0 saturated heterocycles. The number of aryl methyl sites for hydroxylation is 3. The van der Waals surface area contributed by atoms with Crippen LogP contribution in [-0.2, 0) is 4.57 Å². The van der Waals surface area contributed by atoms with Gasteiger partial charge < -0.3 is 4.57 Å². The number of carbonyl (C=O) groups is 1. The monoisotopic (exact) mass is 334 g/mol. The van der Waals surface area contributed by atoms with Crippen molar-refractivity contribution < 1.29 is 9.36 Å². The van der Waals surface area contributed by atoms with Crippen molar-refractivity contribution in [3.63, 3.8) is 0 Å². The van der Waals surface area contributed by atoms with Gasteiger partial charge in [0.05, 0.1) is 0 Å². The van der Waals surface area contributed by atoms with Gasteiger partial charge in [-0.3, -0.25) is 4.79 Å². The largest absolute Gasteiger partial charge is 0.314 e. The van der Waals surface area contributed by atoms with E-state index in [0.717, 1.165) is 42.4 Å². The van der Waals surface area contributed by atoms with Crippen LogP contribution in [0.3, 0.4) is 0 Å². The third kappa shape index (κ3) is 3.33. The van der Waals surface area contributed by atoms with Crippen molar-refractivity contribution in [1.29, 1.82) is 0 Å². The molecule has 0 radical (unpaired) electrons. The van der Waals surface area contributed by atoms with Gasteiger partial charge in [0.25, 0.3) is 0 Å². The Balaban J connectivity index is 2.57. The first kappa shape index (κ1) is 18.5. The van der Waals surface area contributed by atoms with E-state index in [0.29, 0.717) is 5.56 Å². The molecule has 0 spiro atoms. The lowest BCUT2D eigenvalue weighted by atomic mass is 10.00. The van der Waals surface area contributed by atoms with Gasteiger partial charge in [-0.2, -0.15) is 0 Å². The molecule has 1 aliphatic carbocycles. The summed E-state index contributed by atoms with van der Waals surface area (Å²) in [6.07, 6.45) is 5.28. The van der Waals surface area contributed by atoms with Gasteiger partial charge >= 0.3 is 0 Å². The maximum atomic E-state index is 14.1. The average molecular weight is 334 g/mol. The second-order valence-corrected chi connectivity index (χ2v) is 12.0. The fraction of sp³-hybridized carbons (Fsp3) is 0.650. The van der Waals surface area contributed by atoms with Crippen molar-refractivity contribution >= 4 is 12.7 Å². The van der Waals surface area contributed by atoms with Crippen LogP contribution >= 0.6 is 7.14 Å². The quantitative estimate of drug-likeness (QED) is 0.613. The van der Waals surface area contributed by atoms with Crippen LogP contribution in [0.4, 0.5) is 0 Å². The van der Waals surface area contributed by atoms with Gasteiger partial charge in [0.15, 0.2) is 7.14 Å². The molecule has 2 nitrogen and oxygen atoms in total. The summed E-state index contributed by atoms with van der Waals surface area (Å²) >= 11 is 0. The van der Waals surface area contributed by atoms with E-state index in [1.54, 1.807) is 0 Å². The number of hydrogen-bond donors (Lipinski definition) is 0. The average Bonchev–Trinajstić information content (AvgIpc) is 2.44. The van der Waals surface area contributed by atoms with Crippen LogP contribution in [0.15, 0.2) is 12.1 Å². The molecule has 1 aromatic rings. The zero-order valence-electron chi connectivity index (χ0n) is 15.5. The van der Waals surface area contributed by atoms with Crippen LogP contribution in [0, 0.1) is 20.8 Å². The molecule has 128 valence electrons. The molecule has 3 heteroatoms. The van der Waals surface area contributed by atoms with Gasteiger partial charge in [-0.1, -0.05) is 57.7 Å². The van der Waals surface area contributed by atoms with E-state index in [1.807, 2.05) is 53.7 Å². The lowest BCUT2D eigenvalue weighted by Gasteiger charge is -2.38. The molecule has 1 saturated carbocycles. The molecular weight excluding hydrogens is 303 g/mol. The Morgan fingerprint density at radius 3 is 1.91 bits per heavy atom. The van der Waals surface area contributed by atoms with E-state index in [1.165, 1.54) is 6.42 Å².